The average molecular weight is 352 g/mol. The van der Waals surface area contributed by atoms with Crippen LogP contribution < -0.4 is 10.3 Å². The molecule has 0 saturated heterocycles. The van der Waals surface area contributed by atoms with E-state index in [2.05, 4.69) is 9.97 Å². The van der Waals surface area contributed by atoms with E-state index in [9.17, 15) is 13.6 Å². The Morgan fingerprint density at radius 2 is 2.12 bits per heavy atom. The molecule has 3 rings (SSSR count). The van der Waals surface area contributed by atoms with Gasteiger partial charge in [0.1, 0.15) is 24.1 Å². The second kappa shape index (κ2) is 6.45. The largest absolute Gasteiger partial charge is 0.471 e. The summed E-state index contributed by atoms with van der Waals surface area (Å²) in [5.74, 6) is -1.17. The van der Waals surface area contributed by atoms with E-state index in [1.807, 2.05) is 0 Å². The van der Waals surface area contributed by atoms with Crippen molar-refractivity contribution in [2.75, 3.05) is 0 Å². The third-order valence-electron chi connectivity index (χ3n) is 3.38. The van der Waals surface area contributed by atoms with Gasteiger partial charge in [-0.25, -0.2) is 8.78 Å². The lowest BCUT2D eigenvalue weighted by molar-refractivity contribution is 0.285. The molecular formula is C16H12ClF2N3O2. The molecule has 3 aromatic rings. The Balaban J connectivity index is 1.91. The highest BCUT2D eigenvalue weighted by atomic mass is 35.5. The van der Waals surface area contributed by atoms with Crippen LogP contribution in [0.1, 0.15) is 11.4 Å². The van der Waals surface area contributed by atoms with Crippen molar-refractivity contribution < 1.29 is 13.5 Å². The lowest BCUT2D eigenvalue weighted by atomic mass is 10.2. The Bertz CT molecular complexity index is 939. The van der Waals surface area contributed by atoms with E-state index in [0.717, 1.165) is 12.1 Å². The van der Waals surface area contributed by atoms with Crippen LogP contribution in [-0.2, 0) is 6.61 Å². The highest BCUT2D eigenvalue weighted by Gasteiger charge is 2.16. The van der Waals surface area contributed by atoms with Crippen molar-refractivity contribution in [2.24, 2.45) is 0 Å². The standard InChI is InChI=1S/C16H12ClF2N3O2/c1-9-21-15(24-8-10-2-3-11(18)6-13(10)19)14(17)16(23)22(9)12-4-5-20-7-12/h2-7,20H,8H2,1H3. The van der Waals surface area contributed by atoms with Crippen molar-refractivity contribution in [3.8, 4) is 11.6 Å². The Kier molecular flexibility index (Phi) is 4.35. The highest BCUT2D eigenvalue weighted by Crippen LogP contribution is 2.21. The van der Waals surface area contributed by atoms with Gasteiger partial charge in [0.15, 0.2) is 5.02 Å². The Morgan fingerprint density at radius 1 is 1.33 bits per heavy atom. The molecule has 0 aliphatic rings. The minimum absolute atomic E-state index is 0.102. The average Bonchev–Trinajstić information content (AvgIpc) is 3.05. The molecule has 0 radical (unpaired) electrons. The molecule has 124 valence electrons. The van der Waals surface area contributed by atoms with Gasteiger partial charge in [-0.15, -0.1) is 0 Å². The van der Waals surface area contributed by atoms with Gasteiger partial charge in [0.25, 0.3) is 5.56 Å². The number of H-pyrrole nitrogens is 1. The predicted molar refractivity (Wildman–Crippen MR) is 84.6 cm³/mol. The zero-order valence-corrected chi connectivity index (χ0v) is 13.3. The number of nitrogens with one attached hydrogen (secondary N) is 1. The van der Waals surface area contributed by atoms with Crippen molar-refractivity contribution >= 4 is 11.6 Å². The van der Waals surface area contributed by atoms with Gasteiger partial charge in [-0.2, -0.15) is 4.98 Å². The number of aryl methyl sites for hydroxylation is 1. The second-order valence-electron chi connectivity index (χ2n) is 5.01. The minimum atomic E-state index is -0.747. The van der Waals surface area contributed by atoms with Gasteiger partial charge in [0.2, 0.25) is 5.88 Å². The second-order valence-corrected chi connectivity index (χ2v) is 5.39. The third kappa shape index (κ3) is 3.03. The summed E-state index contributed by atoms with van der Waals surface area (Å²) in [6, 6.07) is 4.82. The van der Waals surface area contributed by atoms with Crippen LogP contribution in [0.5, 0.6) is 5.88 Å². The molecule has 0 unspecified atom stereocenters. The Labute approximate surface area is 140 Å². The summed E-state index contributed by atoms with van der Waals surface area (Å²) in [7, 11) is 0. The highest BCUT2D eigenvalue weighted by molar-refractivity contribution is 6.31. The molecule has 5 nitrogen and oxygen atoms in total. The van der Waals surface area contributed by atoms with Gasteiger partial charge in [-0.05, 0) is 25.1 Å². The van der Waals surface area contributed by atoms with Crippen LogP contribution in [0.3, 0.4) is 0 Å². The summed E-state index contributed by atoms with van der Waals surface area (Å²) in [4.78, 5) is 19.4. The molecule has 1 N–H and O–H groups in total. The van der Waals surface area contributed by atoms with Crippen LogP contribution in [0.2, 0.25) is 5.02 Å². The third-order valence-corrected chi connectivity index (χ3v) is 3.71. The first-order valence-corrected chi connectivity index (χ1v) is 7.34. The first-order chi connectivity index (χ1) is 11.5. The van der Waals surface area contributed by atoms with E-state index < -0.39 is 17.2 Å². The molecule has 8 heteroatoms. The van der Waals surface area contributed by atoms with Crippen molar-refractivity contribution in [3.05, 3.63) is 75.1 Å². The molecule has 0 spiro atoms. The number of benzene rings is 1. The van der Waals surface area contributed by atoms with Crippen molar-refractivity contribution in [1.82, 2.24) is 14.5 Å². The summed E-state index contributed by atoms with van der Waals surface area (Å²) in [5.41, 5.74) is 0.211. The van der Waals surface area contributed by atoms with E-state index >= 15 is 0 Å². The summed E-state index contributed by atoms with van der Waals surface area (Å²) < 4.78 is 33.2. The van der Waals surface area contributed by atoms with Crippen LogP contribution in [0.15, 0.2) is 41.5 Å². The number of ether oxygens (including phenoxy) is 1. The van der Waals surface area contributed by atoms with Gasteiger partial charge in [-0.1, -0.05) is 11.6 Å². The molecule has 0 bridgehead atoms. The van der Waals surface area contributed by atoms with Gasteiger partial charge in [-0.3, -0.25) is 9.36 Å². The van der Waals surface area contributed by atoms with Crippen molar-refractivity contribution in [2.45, 2.75) is 13.5 Å². The van der Waals surface area contributed by atoms with Gasteiger partial charge >= 0.3 is 0 Å². The summed E-state index contributed by atoms with van der Waals surface area (Å²) in [6.07, 6.45) is 3.29. The topological polar surface area (TPSA) is 59.9 Å². The van der Waals surface area contributed by atoms with E-state index in [1.54, 1.807) is 25.4 Å². The first-order valence-electron chi connectivity index (χ1n) is 6.96. The smallest absolute Gasteiger partial charge is 0.280 e. The van der Waals surface area contributed by atoms with Crippen LogP contribution in [0, 0.1) is 18.6 Å². The van der Waals surface area contributed by atoms with Crippen LogP contribution >= 0.6 is 11.6 Å². The monoisotopic (exact) mass is 351 g/mol. The Morgan fingerprint density at radius 3 is 2.79 bits per heavy atom. The fourth-order valence-corrected chi connectivity index (χ4v) is 2.40. The molecule has 0 atom stereocenters. The molecule has 0 amide bonds. The number of aromatic nitrogens is 3. The lowest BCUT2D eigenvalue weighted by Crippen LogP contribution is -2.23. The normalized spacial score (nSPS) is 10.8. The van der Waals surface area contributed by atoms with E-state index in [0.29, 0.717) is 11.5 Å². The summed E-state index contributed by atoms with van der Waals surface area (Å²) in [5, 5.41) is -0.218. The molecule has 2 aromatic heterocycles. The van der Waals surface area contributed by atoms with E-state index in [-0.39, 0.29) is 23.1 Å². The van der Waals surface area contributed by atoms with Gasteiger partial charge in [0.05, 0.1) is 5.69 Å². The van der Waals surface area contributed by atoms with Crippen LogP contribution in [0.25, 0.3) is 5.69 Å². The quantitative estimate of drug-likeness (QED) is 0.784. The van der Waals surface area contributed by atoms with Crippen LogP contribution in [0.4, 0.5) is 8.78 Å². The van der Waals surface area contributed by atoms with Crippen molar-refractivity contribution in [3.63, 3.8) is 0 Å². The van der Waals surface area contributed by atoms with E-state index in [1.165, 1.54) is 10.6 Å². The fourth-order valence-electron chi connectivity index (χ4n) is 2.22. The maximum Gasteiger partial charge on any atom is 0.280 e. The fraction of sp³-hybridized carbons (Fsp3) is 0.125. The number of hydrogen-bond acceptors (Lipinski definition) is 3. The van der Waals surface area contributed by atoms with Crippen LogP contribution in [-0.4, -0.2) is 14.5 Å². The molecule has 1 aromatic carbocycles. The van der Waals surface area contributed by atoms with E-state index in [4.69, 9.17) is 16.3 Å². The molecule has 0 aliphatic heterocycles. The SMILES string of the molecule is Cc1nc(OCc2ccc(F)cc2F)c(Cl)c(=O)n1-c1cc[nH]c1. The van der Waals surface area contributed by atoms with Gasteiger partial charge < -0.3 is 9.72 Å². The zero-order chi connectivity index (χ0) is 17.3. The van der Waals surface area contributed by atoms with Crippen molar-refractivity contribution in [1.29, 1.82) is 0 Å². The Hall–Kier alpha value is -2.67. The maximum atomic E-state index is 13.6. The number of halogens is 3. The molecule has 2 heterocycles. The molecule has 0 aliphatic carbocycles. The lowest BCUT2D eigenvalue weighted by Gasteiger charge is -2.12. The minimum Gasteiger partial charge on any atom is -0.471 e. The number of nitrogens with zero attached hydrogens (tertiary/aromatic N) is 2. The number of rotatable bonds is 4. The number of hydrogen-bond donors (Lipinski definition) is 1. The first kappa shape index (κ1) is 16.2. The molecular weight excluding hydrogens is 340 g/mol. The maximum absolute atomic E-state index is 13.6. The summed E-state index contributed by atoms with van der Waals surface area (Å²) in [6.45, 7) is 1.39. The predicted octanol–water partition coefficient (Wildman–Crippen LogP) is 3.38. The van der Waals surface area contributed by atoms with Gasteiger partial charge in [0, 0.05) is 24.0 Å². The molecule has 24 heavy (non-hydrogen) atoms. The zero-order valence-electron chi connectivity index (χ0n) is 12.5. The molecule has 0 saturated carbocycles. The number of aromatic amines is 1. The molecule has 0 fully saturated rings. The summed E-state index contributed by atoms with van der Waals surface area (Å²) >= 11 is 6.03.